The molecule has 2 heterocycles. The van der Waals surface area contributed by atoms with Crippen molar-refractivity contribution in [3.63, 3.8) is 0 Å². The van der Waals surface area contributed by atoms with Crippen LogP contribution in [-0.4, -0.2) is 57.9 Å². The van der Waals surface area contributed by atoms with Crippen molar-refractivity contribution in [3.05, 3.63) is 96.1 Å². The van der Waals surface area contributed by atoms with Gasteiger partial charge in [0, 0.05) is 39.0 Å². The Morgan fingerprint density at radius 3 is 1.35 bits per heavy atom. The maximum Gasteiger partial charge on any atom is 1.00 e. The Hall–Kier alpha value is -2.94. The van der Waals surface area contributed by atoms with E-state index in [4.69, 9.17) is 14.3 Å². The number of phosphoric acid groups is 2. The molecule has 4 aromatic carbocycles. The minimum absolute atomic E-state index is 0. The minimum Gasteiger partial charge on any atom is -0.780 e. The van der Waals surface area contributed by atoms with Crippen molar-refractivity contribution in [1.82, 2.24) is 19.9 Å². The number of hydrogen-bond donors (Lipinski definition) is 2. The van der Waals surface area contributed by atoms with Crippen LogP contribution >= 0.6 is 15.6 Å². The van der Waals surface area contributed by atoms with Crippen LogP contribution in [0.3, 0.4) is 0 Å². The summed E-state index contributed by atoms with van der Waals surface area (Å²) in [5.74, 6) is 1.97. The van der Waals surface area contributed by atoms with Crippen molar-refractivity contribution in [2.45, 2.75) is 13.8 Å². The van der Waals surface area contributed by atoms with E-state index >= 15 is 0 Å². The van der Waals surface area contributed by atoms with Crippen LogP contribution in [-0.2, 0) is 9.13 Å². The molecule has 2 N–H and O–H groups in total. The summed E-state index contributed by atoms with van der Waals surface area (Å²) >= 11 is 0. The molecule has 0 saturated heterocycles. The summed E-state index contributed by atoms with van der Waals surface area (Å²) in [5.41, 5.74) is 4.37. The molecule has 0 aliphatic rings. The summed E-state index contributed by atoms with van der Waals surface area (Å²) < 4.78 is 31.6. The molecule has 18 heteroatoms. The largest absolute Gasteiger partial charge is 1.00 e. The molecule has 14 nitrogen and oxygen atoms in total. The molecule has 6 aromatic rings. The fourth-order valence-electron chi connectivity index (χ4n) is 5.09. The number of aryl methyl sites for hydroxylation is 2. The predicted molar refractivity (Wildman–Crippen MR) is 189 cm³/mol. The van der Waals surface area contributed by atoms with Crippen LogP contribution < -0.4 is 87.7 Å². The second-order valence-corrected chi connectivity index (χ2v) is 13.9. The molecule has 0 amide bonds. The van der Waals surface area contributed by atoms with E-state index in [9.17, 15) is 18.9 Å². The first-order chi connectivity index (χ1) is 23.5. The molecule has 260 valence electrons. The fourth-order valence-corrected chi connectivity index (χ4v) is 5.90. The standard InChI is InChI=1S/2C17H18N3O4P.2Na/c2*1-11-8-9-14-13(10-11)17(20(2)3)19-16(18-14)12-6-4-5-7-15(12)24-25(21,22)23;;/h2*4-10H,1-3H3,(H2,21,22,23);;/q;;2*+1/p-2. The van der Waals surface area contributed by atoms with E-state index in [-0.39, 0.29) is 76.4 Å². The number of anilines is 2. The summed E-state index contributed by atoms with van der Waals surface area (Å²) in [5, 5.41) is 1.78. The van der Waals surface area contributed by atoms with Crippen LogP contribution in [0.15, 0.2) is 84.9 Å². The second-order valence-electron chi connectivity index (χ2n) is 11.7. The molecule has 0 aliphatic carbocycles. The number of fused-ring (bicyclic) bond motifs is 2. The minimum atomic E-state index is -5.19. The molecule has 0 unspecified atom stereocenters. The van der Waals surface area contributed by atoms with Gasteiger partial charge in [0.15, 0.2) is 11.6 Å². The number of para-hydroxylation sites is 2. The first-order valence-electron chi connectivity index (χ1n) is 15.1. The Balaban J connectivity index is 0.000000270. The zero-order chi connectivity index (χ0) is 36.4. The molecule has 0 spiro atoms. The van der Waals surface area contributed by atoms with Crippen molar-refractivity contribution in [2.75, 3.05) is 38.0 Å². The van der Waals surface area contributed by atoms with Gasteiger partial charge in [-0.25, -0.2) is 24.5 Å². The van der Waals surface area contributed by atoms with Gasteiger partial charge in [0.2, 0.25) is 0 Å². The van der Waals surface area contributed by atoms with Crippen molar-refractivity contribution in [1.29, 1.82) is 0 Å². The van der Waals surface area contributed by atoms with Crippen molar-refractivity contribution in [3.8, 4) is 34.3 Å². The first-order valence-corrected chi connectivity index (χ1v) is 18.1. The molecule has 0 aliphatic heterocycles. The van der Waals surface area contributed by atoms with Gasteiger partial charge >= 0.3 is 66.9 Å². The van der Waals surface area contributed by atoms with E-state index in [1.807, 2.05) is 88.2 Å². The molecule has 2 aromatic heterocycles. The Morgan fingerprint density at radius 1 is 0.596 bits per heavy atom. The van der Waals surface area contributed by atoms with Crippen LogP contribution in [0.4, 0.5) is 11.6 Å². The molecular weight excluding hydrogens is 728 g/mol. The Labute approximate surface area is 345 Å². The number of rotatable bonds is 8. The molecule has 0 saturated carbocycles. The van der Waals surface area contributed by atoms with Gasteiger partial charge in [-0.1, -0.05) is 47.5 Å². The third-order valence-electron chi connectivity index (χ3n) is 7.19. The second kappa shape index (κ2) is 17.9. The number of phosphoric ester groups is 2. The molecular formula is C34H34N6Na2O8P2. The van der Waals surface area contributed by atoms with E-state index in [2.05, 4.69) is 24.5 Å². The van der Waals surface area contributed by atoms with Gasteiger partial charge in [0.25, 0.3) is 0 Å². The maximum atomic E-state index is 11.2. The maximum absolute atomic E-state index is 11.2. The molecule has 52 heavy (non-hydrogen) atoms. The van der Waals surface area contributed by atoms with Crippen LogP contribution in [0.2, 0.25) is 0 Å². The average molecular weight is 763 g/mol. The topological polar surface area (TPSA) is 197 Å². The zero-order valence-electron chi connectivity index (χ0n) is 30.0. The Morgan fingerprint density at radius 2 is 0.981 bits per heavy atom. The first kappa shape index (κ1) is 43.5. The van der Waals surface area contributed by atoms with E-state index in [1.54, 1.807) is 36.4 Å². The quantitative estimate of drug-likeness (QED) is 0.142. The molecule has 0 bridgehead atoms. The number of benzene rings is 4. The molecule has 6 rings (SSSR count). The number of hydrogen-bond acceptors (Lipinski definition) is 12. The van der Waals surface area contributed by atoms with Crippen molar-refractivity contribution >= 4 is 49.1 Å². The number of nitrogens with zero attached hydrogens (tertiary/aromatic N) is 6. The summed E-state index contributed by atoms with van der Waals surface area (Å²) in [6.45, 7) is 3.98. The van der Waals surface area contributed by atoms with Gasteiger partial charge in [-0.05, 0) is 62.4 Å². The van der Waals surface area contributed by atoms with Gasteiger partial charge in [0.05, 0.1) is 22.2 Å². The van der Waals surface area contributed by atoms with E-state index in [1.165, 1.54) is 12.1 Å². The summed E-state index contributed by atoms with van der Waals surface area (Å²) in [6, 6.07) is 24.4. The summed E-state index contributed by atoms with van der Waals surface area (Å²) in [4.78, 5) is 62.2. The van der Waals surface area contributed by atoms with Crippen molar-refractivity contribution in [2.24, 2.45) is 0 Å². The van der Waals surface area contributed by atoms with E-state index in [0.717, 1.165) is 33.2 Å². The van der Waals surface area contributed by atoms with Crippen LogP contribution in [0, 0.1) is 13.8 Å². The van der Waals surface area contributed by atoms with Gasteiger partial charge < -0.3 is 33.2 Å². The Kier molecular flexibility index (Phi) is 15.0. The third kappa shape index (κ3) is 11.0. The fraction of sp³-hybridized carbons (Fsp3) is 0.176. The van der Waals surface area contributed by atoms with Gasteiger partial charge in [0.1, 0.15) is 31.0 Å². The number of aromatic nitrogens is 4. The third-order valence-corrected chi connectivity index (χ3v) is 8.05. The van der Waals surface area contributed by atoms with Crippen molar-refractivity contribution < 1.29 is 96.9 Å². The molecule has 0 fully saturated rings. The predicted octanol–water partition coefficient (Wildman–Crippen LogP) is -0.971. The smallest absolute Gasteiger partial charge is 0.780 e. The van der Waals surface area contributed by atoms with Crippen LogP contribution in [0.25, 0.3) is 44.6 Å². The van der Waals surface area contributed by atoms with Gasteiger partial charge in [-0.2, -0.15) is 0 Å². The zero-order valence-corrected chi connectivity index (χ0v) is 35.8. The van der Waals surface area contributed by atoms with Crippen LogP contribution in [0.5, 0.6) is 11.5 Å². The van der Waals surface area contributed by atoms with Crippen LogP contribution in [0.1, 0.15) is 11.1 Å². The van der Waals surface area contributed by atoms with E-state index in [0.29, 0.717) is 28.3 Å². The normalized spacial score (nSPS) is 11.1. The monoisotopic (exact) mass is 762 g/mol. The molecule has 0 atom stereocenters. The molecule has 0 radical (unpaired) electrons. The Bertz CT molecular complexity index is 2140. The van der Waals surface area contributed by atoms with Gasteiger partial charge in [-0.3, -0.25) is 9.79 Å². The van der Waals surface area contributed by atoms with Gasteiger partial charge in [-0.15, -0.1) is 0 Å². The van der Waals surface area contributed by atoms with E-state index < -0.39 is 15.6 Å². The summed E-state index contributed by atoms with van der Waals surface area (Å²) in [6.07, 6.45) is 0. The summed E-state index contributed by atoms with van der Waals surface area (Å²) in [7, 11) is -2.39. The SMILES string of the molecule is Cc1ccc2nc(-c3ccccc3OP(=O)(O)O)nc(N(C)C)c2c1.Cc1ccc2nc(-c3ccccc3OP(=O)([O-])[O-])nc(N(C)C)c2c1.[Na+].[Na+]. The average Bonchev–Trinajstić information content (AvgIpc) is 3.03.